The van der Waals surface area contributed by atoms with Crippen molar-refractivity contribution >= 4 is 23.3 Å². The molecule has 4 aromatic carbocycles. The third-order valence-corrected chi connectivity index (χ3v) is 8.36. The van der Waals surface area contributed by atoms with Gasteiger partial charge >= 0.3 is 0 Å². The molecule has 0 atom stereocenters. The zero-order valence-electron chi connectivity index (χ0n) is 21.5. The summed E-state index contributed by atoms with van der Waals surface area (Å²) in [5.41, 5.74) is 13.3. The predicted octanol–water partition coefficient (Wildman–Crippen LogP) is 9.46. The molecule has 5 aliphatic rings. The SMILES string of the molecule is C1=CC2(C=CC=C3C2=Cc2ccccc23)C2=Cc3ccccc3C2=C1.c1ccc2c(c1)Cc1ccccc1O2. The highest BCUT2D eigenvalue weighted by molar-refractivity contribution is 6.05. The number of fused-ring (bicyclic) bond motifs is 10. The Morgan fingerprint density at radius 1 is 0.513 bits per heavy atom. The van der Waals surface area contributed by atoms with Gasteiger partial charge in [0.1, 0.15) is 11.5 Å². The first-order valence-corrected chi connectivity index (χ1v) is 13.6. The second kappa shape index (κ2) is 8.58. The highest BCUT2D eigenvalue weighted by Gasteiger charge is 2.43. The van der Waals surface area contributed by atoms with Crippen molar-refractivity contribution in [3.63, 3.8) is 0 Å². The molecule has 0 unspecified atom stereocenters. The molecule has 0 amide bonds. The Morgan fingerprint density at radius 2 is 0.974 bits per heavy atom. The normalized spacial score (nSPS) is 17.4. The molecular weight excluding hydrogens is 472 g/mol. The van der Waals surface area contributed by atoms with E-state index in [1.165, 1.54) is 55.7 Å². The van der Waals surface area contributed by atoms with Crippen molar-refractivity contribution in [3.05, 3.63) is 178 Å². The highest BCUT2D eigenvalue weighted by atomic mass is 16.5. The molecule has 0 fully saturated rings. The molecule has 184 valence electrons. The van der Waals surface area contributed by atoms with Gasteiger partial charge in [-0.2, -0.15) is 0 Å². The monoisotopic (exact) mass is 498 g/mol. The number of hydrogen-bond acceptors (Lipinski definition) is 1. The van der Waals surface area contributed by atoms with Crippen molar-refractivity contribution in [2.24, 2.45) is 5.41 Å². The molecule has 1 nitrogen and oxygen atoms in total. The Labute approximate surface area is 229 Å². The quantitative estimate of drug-likeness (QED) is 0.207. The minimum atomic E-state index is -0.161. The summed E-state index contributed by atoms with van der Waals surface area (Å²) in [5.74, 6) is 1.98. The summed E-state index contributed by atoms with van der Waals surface area (Å²) in [6.07, 6.45) is 19.4. The van der Waals surface area contributed by atoms with Crippen LogP contribution >= 0.6 is 0 Å². The van der Waals surface area contributed by atoms with Gasteiger partial charge in [0.25, 0.3) is 0 Å². The molecule has 0 aromatic heterocycles. The van der Waals surface area contributed by atoms with E-state index in [0.717, 1.165) is 17.9 Å². The fraction of sp³-hybridized carbons (Fsp3) is 0.0526. The zero-order chi connectivity index (χ0) is 25.8. The second-order valence-corrected chi connectivity index (χ2v) is 10.5. The Kier molecular flexibility index (Phi) is 4.87. The Hall–Kier alpha value is -4.88. The van der Waals surface area contributed by atoms with Crippen molar-refractivity contribution in [2.45, 2.75) is 6.42 Å². The summed E-state index contributed by atoms with van der Waals surface area (Å²) < 4.78 is 5.78. The van der Waals surface area contributed by atoms with Crippen LogP contribution in [0, 0.1) is 5.41 Å². The largest absolute Gasteiger partial charge is 0.457 e. The maximum Gasteiger partial charge on any atom is 0.130 e. The Bertz CT molecular complexity index is 1670. The van der Waals surface area contributed by atoms with Crippen LogP contribution in [0.4, 0.5) is 0 Å². The third-order valence-electron chi connectivity index (χ3n) is 8.36. The van der Waals surface area contributed by atoms with Crippen LogP contribution in [0.2, 0.25) is 0 Å². The third kappa shape index (κ3) is 3.40. The van der Waals surface area contributed by atoms with Gasteiger partial charge in [-0.25, -0.2) is 0 Å². The van der Waals surface area contributed by atoms with Crippen molar-refractivity contribution < 1.29 is 4.74 Å². The number of benzene rings is 4. The van der Waals surface area contributed by atoms with Crippen molar-refractivity contribution in [2.75, 3.05) is 0 Å². The molecule has 0 bridgehead atoms. The number of ether oxygens (including phenoxy) is 1. The van der Waals surface area contributed by atoms with Crippen LogP contribution in [-0.2, 0) is 6.42 Å². The highest BCUT2D eigenvalue weighted by Crippen LogP contribution is 2.58. The Balaban J connectivity index is 0.000000142. The first kappa shape index (κ1) is 22.1. The topological polar surface area (TPSA) is 9.23 Å². The molecule has 4 aliphatic carbocycles. The molecule has 1 spiro atoms. The summed E-state index contributed by atoms with van der Waals surface area (Å²) in [7, 11) is 0. The standard InChI is InChI=1S/C25H16.C13H10O/c1-3-9-19-17(7-1)15-23-21(19)11-5-13-25(23)14-6-12-22-20-10-4-2-8-18(20)16-24(22)25;1-3-7-12-10(5-1)9-11-6-2-4-8-13(11)14-12/h1-16H;1-8H,9H2. The van der Waals surface area contributed by atoms with Gasteiger partial charge in [-0.05, 0) is 80.0 Å². The second-order valence-electron chi connectivity index (χ2n) is 10.5. The summed E-state index contributed by atoms with van der Waals surface area (Å²) in [6, 6.07) is 33.8. The van der Waals surface area contributed by atoms with Gasteiger partial charge in [-0.3, -0.25) is 0 Å². The van der Waals surface area contributed by atoms with Crippen LogP contribution in [0.1, 0.15) is 33.4 Å². The van der Waals surface area contributed by atoms with Crippen LogP contribution in [0.3, 0.4) is 0 Å². The van der Waals surface area contributed by atoms with E-state index < -0.39 is 0 Å². The maximum absolute atomic E-state index is 5.78. The summed E-state index contributed by atoms with van der Waals surface area (Å²) in [4.78, 5) is 0. The predicted molar refractivity (Wildman–Crippen MR) is 161 cm³/mol. The zero-order valence-corrected chi connectivity index (χ0v) is 21.5. The van der Waals surface area contributed by atoms with Crippen LogP contribution in [0.25, 0.3) is 23.3 Å². The summed E-state index contributed by atoms with van der Waals surface area (Å²) in [6.45, 7) is 0. The van der Waals surface area contributed by atoms with Gasteiger partial charge < -0.3 is 4.74 Å². The van der Waals surface area contributed by atoms with Gasteiger partial charge in [-0.15, -0.1) is 0 Å². The van der Waals surface area contributed by atoms with Crippen LogP contribution in [0.5, 0.6) is 11.5 Å². The average Bonchev–Trinajstić information content (AvgIpc) is 3.57. The lowest BCUT2D eigenvalue weighted by atomic mass is 9.65. The molecular formula is C38H26O. The first-order valence-electron chi connectivity index (χ1n) is 13.6. The van der Waals surface area contributed by atoms with Gasteiger partial charge in [0, 0.05) is 6.42 Å². The lowest BCUT2D eigenvalue weighted by Gasteiger charge is -2.36. The van der Waals surface area contributed by atoms with E-state index >= 15 is 0 Å². The molecule has 39 heavy (non-hydrogen) atoms. The first-order chi connectivity index (χ1) is 19.3. The molecule has 0 saturated heterocycles. The van der Waals surface area contributed by atoms with Crippen molar-refractivity contribution in [3.8, 4) is 11.5 Å². The molecule has 9 rings (SSSR count). The van der Waals surface area contributed by atoms with Gasteiger partial charge in [-0.1, -0.05) is 121 Å². The van der Waals surface area contributed by atoms with E-state index in [-0.39, 0.29) is 5.41 Å². The number of hydrogen-bond donors (Lipinski definition) is 0. The molecule has 1 aliphatic heterocycles. The van der Waals surface area contributed by atoms with E-state index in [1.807, 2.05) is 24.3 Å². The number of para-hydroxylation sites is 2. The van der Waals surface area contributed by atoms with Gasteiger partial charge in [0.2, 0.25) is 0 Å². The lowest BCUT2D eigenvalue weighted by Crippen LogP contribution is -2.24. The van der Waals surface area contributed by atoms with E-state index in [4.69, 9.17) is 4.74 Å². The molecule has 0 saturated carbocycles. The number of allylic oxidation sites excluding steroid dienone is 10. The number of rotatable bonds is 0. The van der Waals surface area contributed by atoms with E-state index in [0.29, 0.717) is 0 Å². The van der Waals surface area contributed by atoms with E-state index in [2.05, 4.69) is 121 Å². The molecule has 0 radical (unpaired) electrons. The summed E-state index contributed by atoms with van der Waals surface area (Å²) >= 11 is 0. The average molecular weight is 499 g/mol. The van der Waals surface area contributed by atoms with Gasteiger partial charge in [0.05, 0.1) is 5.41 Å². The summed E-state index contributed by atoms with van der Waals surface area (Å²) in [5, 5.41) is 0. The van der Waals surface area contributed by atoms with Crippen molar-refractivity contribution in [1.29, 1.82) is 0 Å². The van der Waals surface area contributed by atoms with E-state index in [1.54, 1.807) is 0 Å². The van der Waals surface area contributed by atoms with Gasteiger partial charge in [0.15, 0.2) is 0 Å². The Morgan fingerprint density at radius 3 is 1.51 bits per heavy atom. The minimum absolute atomic E-state index is 0.161. The fourth-order valence-corrected chi connectivity index (χ4v) is 6.51. The lowest BCUT2D eigenvalue weighted by molar-refractivity contribution is 0.460. The minimum Gasteiger partial charge on any atom is -0.457 e. The van der Waals surface area contributed by atoms with E-state index in [9.17, 15) is 0 Å². The van der Waals surface area contributed by atoms with Crippen LogP contribution in [0.15, 0.2) is 145 Å². The van der Waals surface area contributed by atoms with Crippen molar-refractivity contribution in [1.82, 2.24) is 0 Å². The fourth-order valence-electron chi connectivity index (χ4n) is 6.51. The molecule has 0 N–H and O–H groups in total. The van der Waals surface area contributed by atoms with Crippen LogP contribution < -0.4 is 4.74 Å². The molecule has 1 heteroatoms. The smallest absolute Gasteiger partial charge is 0.130 e. The van der Waals surface area contributed by atoms with Crippen LogP contribution in [-0.4, -0.2) is 0 Å². The molecule has 4 aromatic rings. The molecule has 1 heterocycles. The maximum atomic E-state index is 5.78.